The van der Waals surface area contributed by atoms with E-state index in [-0.39, 0.29) is 15.6 Å². The Labute approximate surface area is 186 Å². The summed E-state index contributed by atoms with van der Waals surface area (Å²) in [5, 5.41) is 11.6. The van der Waals surface area contributed by atoms with Crippen molar-refractivity contribution in [1.82, 2.24) is 9.80 Å². The van der Waals surface area contributed by atoms with Gasteiger partial charge in [0.25, 0.3) is 17.4 Å². The summed E-state index contributed by atoms with van der Waals surface area (Å²) < 4.78 is 0. The van der Waals surface area contributed by atoms with Crippen molar-refractivity contribution in [2.75, 3.05) is 26.2 Å². The lowest BCUT2D eigenvalue weighted by Crippen LogP contribution is -2.43. The van der Waals surface area contributed by atoms with Crippen LogP contribution in [0.3, 0.4) is 0 Å². The van der Waals surface area contributed by atoms with E-state index in [1.807, 2.05) is 9.80 Å². The maximum atomic E-state index is 12.9. The molecule has 0 unspecified atom stereocenters. The maximum Gasteiger partial charge on any atom is 0.293 e. The Morgan fingerprint density at radius 3 is 1.73 bits per heavy atom. The highest BCUT2D eigenvalue weighted by Gasteiger charge is 2.46. The van der Waals surface area contributed by atoms with Gasteiger partial charge in [0.1, 0.15) is 0 Å². The van der Waals surface area contributed by atoms with Gasteiger partial charge < -0.3 is 14.9 Å². The molecule has 0 bridgehead atoms. The number of amides is 2. The Morgan fingerprint density at radius 1 is 0.833 bits per heavy atom. The third-order valence-corrected chi connectivity index (χ3v) is 6.15. The number of hydrogen-bond donors (Lipinski definition) is 1. The number of benzene rings is 1. The number of aliphatic imine (C=N–C) groups is 2. The van der Waals surface area contributed by atoms with Crippen LogP contribution in [0.15, 0.2) is 28.2 Å². The summed E-state index contributed by atoms with van der Waals surface area (Å²) in [6, 6.07) is 4.11. The second-order valence-corrected chi connectivity index (χ2v) is 8.45. The smallest absolute Gasteiger partial charge is 0.293 e. The van der Waals surface area contributed by atoms with Crippen LogP contribution in [-0.2, 0) is 15.2 Å². The minimum Gasteiger partial charge on any atom is -0.368 e. The molecule has 9 heteroatoms. The van der Waals surface area contributed by atoms with Gasteiger partial charge in [0.05, 0.1) is 22.7 Å². The van der Waals surface area contributed by atoms with Gasteiger partial charge >= 0.3 is 0 Å². The molecule has 0 spiro atoms. The number of aliphatic hydroxyl groups is 1. The molecule has 0 aliphatic carbocycles. The first-order valence-electron chi connectivity index (χ1n) is 10.2. The lowest BCUT2D eigenvalue weighted by atomic mass is 9.92. The molecular weight excluding hydrogens is 427 g/mol. The largest absolute Gasteiger partial charge is 0.368 e. The Balaban J connectivity index is 1.87. The van der Waals surface area contributed by atoms with Crippen LogP contribution >= 0.6 is 23.2 Å². The number of halogens is 2. The summed E-state index contributed by atoms with van der Waals surface area (Å²) in [6.07, 6.45) is 9.10. The summed E-state index contributed by atoms with van der Waals surface area (Å²) in [7, 11) is 0. The molecule has 0 saturated carbocycles. The van der Waals surface area contributed by atoms with E-state index < -0.39 is 17.4 Å². The van der Waals surface area contributed by atoms with Crippen molar-refractivity contribution in [3.8, 4) is 0 Å². The molecule has 30 heavy (non-hydrogen) atoms. The van der Waals surface area contributed by atoms with Gasteiger partial charge in [-0.1, -0.05) is 29.3 Å². The van der Waals surface area contributed by atoms with E-state index in [4.69, 9.17) is 23.2 Å². The van der Waals surface area contributed by atoms with Gasteiger partial charge in [-0.15, -0.1) is 0 Å². The molecule has 2 fully saturated rings. The summed E-state index contributed by atoms with van der Waals surface area (Å²) in [5.74, 6) is -2.01. The van der Waals surface area contributed by atoms with Gasteiger partial charge in [-0.3, -0.25) is 9.59 Å². The third kappa shape index (κ3) is 5.39. The first-order valence-corrected chi connectivity index (χ1v) is 11.0. The highest BCUT2D eigenvalue weighted by Crippen LogP contribution is 2.31. The number of piperidine rings is 2. The molecule has 0 aromatic heterocycles. The monoisotopic (exact) mass is 452 g/mol. The highest BCUT2D eigenvalue weighted by atomic mass is 35.5. The predicted octanol–water partition coefficient (Wildman–Crippen LogP) is 3.26. The zero-order valence-corrected chi connectivity index (χ0v) is 18.3. The van der Waals surface area contributed by atoms with Crippen LogP contribution in [0.5, 0.6) is 0 Å². The number of hydrogen-bond acceptors (Lipinski definition) is 3. The molecule has 0 radical (unpaired) electrons. The lowest BCUT2D eigenvalue weighted by molar-refractivity contribution is -0.150. The number of carbonyl (C=O) groups is 2. The normalized spacial score (nSPS) is 20.0. The molecule has 162 valence electrons. The lowest BCUT2D eigenvalue weighted by Gasteiger charge is -2.26. The molecule has 0 atom stereocenters. The predicted molar refractivity (Wildman–Crippen MR) is 118 cm³/mol. The van der Waals surface area contributed by atoms with Gasteiger partial charge in [-0.25, -0.2) is 9.98 Å². The van der Waals surface area contributed by atoms with Crippen molar-refractivity contribution in [1.29, 1.82) is 0 Å². The SMILES string of the molecule is O=C(N=CN1CCCCC1)C(O)(C(=O)N=CN1CCCCC1)c1ccc(Cl)c(Cl)c1. The van der Waals surface area contributed by atoms with Crippen LogP contribution in [0.2, 0.25) is 10.0 Å². The Bertz CT molecular complexity index is 792. The van der Waals surface area contributed by atoms with Crippen molar-refractivity contribution >= 4 is 47.7 Å². The second kappa shape index (κ2) is 10.4. The van der Waals surface area contributed by atoms with Crippen LogP contribution in [0.25, 0.3) is 0 Å². The zero-order valence-electron chi connectivity index (χ0n) is 16.8. The fourth-order valence-electron chi connectivity index (χ4n) is 3.58. The topological polar surface area (TPSA) is 85.6 Å². The number of nitrogens with zero attached hydrogens (tertiary/aromatic N) is 4. The standard InChI is InChI=1S/C21H26Cl2N4O3/c22-17-8-7-16(13-18(17)23)21(30,19(28)24-14-26-9-3-1-4-10-26)20(29)25-15-27-11-5-2-6-12-27/h7-8,13-15,30H,1-6,9-12H2. The van der Waals surface area contributed by atoms with Gasteiger partial charge in [0, 0.05) is 31.7 Å². The van der Waals surface area contributed by atoms with E-state index in [1.165, 1.54) is 30.9 Å². The number of rotatable bonds is 5. The van der Waals surface area contributed by atoms with Crippen LogP contribution in [0.4, 0.5) is 0 Å². The Hall–Kier alpha value is -1.96. The third-order valence-electron chi connectivity index (χ3n) is 5.41. The molecule has 3 rings (SSSR count). The van der Waals surface area contributed by atoms with E-state index in [0.29, 0.717) is 0 Å². The molecule has 2 heterocycles. The van der Waals surface area contributed by atoms with Crippen molar-refractivity contribution in [2.24, 2.45) is 9.98 Å². The quantitative estimate of drug-likeness (QED) is 0.420. The zero-order chi connectivity index (χ0) is 21.6. The average molecular weight is 453 g/mol. The first kappa shape index (κ1) is 22.7. The number of carbonyl (C=O) groups excluding carboxylic acids is 2. The fraction of sp³-hybridized carbons (Fsp3) is 0.524. The minimum absolute atomic E-state index is 0.0153. The van der Waals surface area contributed by atoms with E-state index in [9.17, 15) is 14.7 Å². The van der Waals surface area contributed by atoms with Gasteiger partial charge in [0.15, 0.2) is 0 Å². The Kier molecular flexibility index (Phi) is 7.86. The molecule has 2 aliphatic heterocycles. The van der Waals surface area contributed by atoms with Crippen molar-refractivity contribution in [2.45, 2.75) is 44.1 Å². The molecule has 7 nitrogen and oxygen atoms in total. The van der Waals surface area contributed by atoms with E-state index in [0.717, 1.165) is 64.7 Å². The first-order chi connectivity index (χ1) is 14.4. The summed E-state index contributed by atoms with van der Waals surface area (Å²) in [5.41, 5.74) is -2.59. The van der Waals surface area contributed by atoms with Gasteiger partial charge in [-0.2, -0.15) is 0 Å². The van der Waals surface area contributed by atoms with E-state index in [2.05, 4.69) is 9.98 Å². The van der Waals surface area contributed by atoms with Crippen LogP contribution in [-0.4, -0.2) is 65.6 Å². The van der Waals surface area contributed by atoms with Crippen molar-refractivity contribution < 1.29 is 14.7 Å². The van der Waals surface area contributed by atoms with Gasteiger partial charge in [-0.05, 0) is 50.7 Å². The summed E-state index contributed by atoms with van der Waals surface area (Å²) in [4.78, 5) is 37.5. The molecule has 1 aromatic carbocycles. The molecule has 1 aromatic rings. The van der Waals surface area contributed by atoms with E-state index in [1.54, 1.807) is 0 Å². The molecule has 2 aliphatic rings. The minimum atomic E-state index is -2.58. The summed E-state index contributed by atoms with van der Waals surface area (Å²) in [6.45, 7) is 3.12. The second-order valence-electron chi connectivity index (χ2n) is 7.63. The fourth-order valence-corrected chi connectivity index (χ4v) is 3.88. The average Bonchev–Trinajstić information content (AvgIpc) is 2.78. The number of likely N-dealkylation sites (tertiary alicyclic amines) is 2. The van der Waals surface area contributed by atoms with Gasteiger partial charge in [0.2, 0.25) is 0 Å². The highest BCUT2D eigenvalue weighted by molar-refractivity contribution is 6.42. The van der Waals surface area contributed by atoms with Crippen LogP contribution in [0.1, 0.15) is 44.1 Å². The van der Waals surface area contributed by atoms with E-state index >= 15 is 0 Å². The maximum absolute atomic E-state index is 12.9. The van der Waals surface area contributed by atoms with Crippen LogP contribution in [0, 0.1) is 0 Å². The molecule has 2 amide bonds. The molecule has 2 saturated heterocycles. The van der Waals surface area contributed by atoms with Crippen molar-refractivity contribution in [3.63, 3.8) is 0 Å². The van der Waals surface area contributed by atoms with Crippen LogP contribution < -0.4 is 0 Å². The Morgan fingerprint density at radius 2 is 1.30 bits per heavy atom. The van der Waals surface area contributed by atoms with Crippen molar-refractivity contribution in [3.05, 3.63) is 33.8 Å². The summed E-state index contributed by atoms with van der Waals surface area (Å²) >= 11 is 12.0. The molecular formula is C21H26Cl2N4O3. The molecule has 1 N–H and O–H groups in total.